The second kappa shape index (κ2) is 6.40. The third-order valence-electron chi connectivity index (χ3n) is 4.65. The van der Waals surface area contributed by atoms with Crippen molar-refractivity contribution in [3.8, 4) is 5.69 Å². The van der Waals surface area contributed by atoms with E-state index >= 15 is 0 Å². The summed E-state index contributed by atoms with van der Waals surface area (Å²) in [7, 11) is 0. The Balaban J connectivity index is 1.70. The second-order valence-electron chi connectivity index (χ2n) is 6.31. The van der Waals surface area contributed by atoms with Gasteiger partial charge in [0.25, 0.3) is 0 Å². The summed E-state index contributed by atoms with van der Waals surface area (Å²) in [5, 5.41) is 13.8. The van der Waals surface area contributed by atoms with Gasteiger partial charge in [-0.1, -0.05) is 54.2 Å². The van der Waals surface area contributed by atoms with Gasteiger partial charge in [0.05, 0.1) is 5.69 Å². The molecule has 0 unspecified atom stereocenters. The van der Waals surface area contributed by atoms with E-state index in [1.807, 2.05) is 4.68 Å². The number of tetrazole rings is 1. The smallest absolute Gasteiger partial charge is 0.187 e. The molecule has 122 valence electrons. The van der Waals surface area contributed by atoms with Gasteiger partial charge in [-0.05, 0) is 65.8 Å². The zero-order valence-corrected chi connectivity index (χ0v) is 14.8. The van der Waals surface area contributed by atoms with Crippen LogP contribution in [0, 0.1) is 13.8 Å². The van der Waals surface area contributed by atoms with Crippen LogP contribution in [-0.2, 0) is 6.42 Å². The van der Waals surface area contributed by atoms with Crippen molar-refractivity contribution in [2.45, 2.75) is 43.5 Å². The lowest BCUT2D eigenvalue weighted by Gasteiger charge is -2.24. The largest absolute Gasteiger partial charge is 0.214 e. The highest BCUT2D eigenvalue weighted by molar-refractivity contribution is 7.99. The Kier molecular flexibility index (Phi) is 4.10. The number of hydrogen-bond acceptors (Lipinski definition) is 4. The van der Waals surface area contributed by atoms with E-state index in [4.69, 9.17) is 0 Å². The quantitative estimate of drug-likeness (QED) is 0.709. The van der Waals surface area contributed by atoms with Crippen LogP contribution in [0.15, 0.2) is 47.6 Å². The van der Waals surface area contributed by atoms with E-state index in [0.717, 1.165) is 10.8 Å². The molecular formula is C19H20N4S. The number of thioether (sulfide) groups is 1. The number of fused-ring (bicyclic) bond motifs is 1. The molecular weight excluding hydrogens is 316 g/mol. The minimum atomic E-state index is 0.420. The molecule has 1 aliphatic rings. The van der Waals surface area contributed by atoms with Gasteiger partial charge in [-0.3, -0.25) is 0 Å². The van der Waals surface area contributed by atoms with Crippen LogP contribution in [0.25, 0.3) is 5.69 Å². The van der Waals surface area contributed by atoms with Gasteiger partial charge in [-0.25, -0.2) is 0 Å². The molecule has 0 saturated carbocycles. The third-order valence-corrected chi connectivity index (χ3v) is 5.89. The molecule has 0 N–H and O–H groups in total. The number of rotatable bonds is 3. The summed E-state index contributed by atoms with van der Waals surface area (Å²) in [6, 6.07) is 15.0. The van der Waals surface area contributed by atoms with Crippen molar-refractivity contribution in [2.24, 2.45) is 0 Å². The molecule has 0 fully saturated rings. The van der Waals surface area contributed by atoms with Crippen molar-refractivity contribution in [3.05, 3.63) is 64.7 Å². The lowest BCUT2D eigenvalue weighted by molar-refractivity contribution is 0.668. The normalized spacial score (nSPS) is 16.8. The van der Waals surface area contributed by atoms with Crippen molar-refractivity contribution < 1.29 is 0 Å². The molecule has 1 heterocycles. The molecule has 0 bridgehead atoms. The third kappa shape index (κ3) is 2.73. The number of nitrogens with zero attached hydrogens (tertiary/aromatic N) is 4. The molecule has 1 atom stereocenters. The van der Waals surface area contributed by atoms with Crippen molar-refractivity contribution in [2.75, 3.05) is 0 Å². The number of hydrogen-bond donors (Lipinski definition) is 0. The first kappa shape index (κ1) is 15.4. The summed E-state index contributed by atoms with van der Waals surface area (Å²) in [4.78, 5) is 0. The predicted octanol–water partition coefficient (Wildman–Crippen LogP) is 4.45. The Morgan fingerprint density at radius 1 is 1.04 bits per heavy atom. The molecule has 4 rings (SSSR count). The zero-order chi connectivity index (χ0) is 16.5. The minimum Gasteiger partial charge on any atom is -0.187 e. The Labute approximate surface area is 146 Å². The van der Waals surface area contributed by atoms with Crippen LogP contribution in [0.3, 0.4) is 0 Å². The molecule has 0 spiro atoms. The van der Waals surface area contributed by atoms with Gasteiger partial charge in [0.15, 0.2) is 0 Å². The lowest BCUT2D eigenvalue weighted by Crippen LogP contribution is -2.09. The van der Waals surface area contributed by atoms with Crippen LogP contribution in [0.4, 0.5) is 0 Å². The highest BCUT2D eigenvalue weighted by atomic mass is 32.2. The van der Waals surface area contributed by atoms with E-state index < -0.39 is 0 Å². The topological polar surface area (TPSA) is 43.6 Å². The lowest BCUT2D eigenvalue weighted by atomic mass is 9.91. The Hall–Kier alpha value is -2.14. The number of para-hydroxylation sites is 1. The van der Waals surface area contributed by atoms with Crippen LogP contribution in [0.1, 0.15) is 40.3 Å². The molecule has 5 heteroatoms. The van der Waals surface area contributed by atoms with Crippen LogP contribution >= 0.6 is 11.8 Å². The first-order valence-electron chi connectivity index (χ1n) is 8.33. The summed E-state index contributed by atoms with van der Waals surface area (Å²) in [5.41, 5.74) is 6.37. The number of aromatic nitrogens is 4. The molecule has 1 aromatic heterocycles. The van der Waals surface area contributed by atoms with Crippen molar-refractivity contribution in [1.29, 1.82) is 0 Å². The Morgan fingerprint density at radius 3 is 2.67 bits per heavy atom. The maximum atomic E-state index is 4.31. The SMILES string of the molecule is Cc1cccc(C)c1-n1nnnc1S[C@@H]1CCCc2ccccc21. The van der Waals surface area contributed by atoms with Gasteiger partial charge < -0.3 is 0 Å². The standard InChI is InChI=1S/C19H20N4S/c1-13-7-5-8-14(2)18(13)23-19(20-21-22-23)24-17-12-6-10-15-9-3-4-11-16(15)17/h3-5,7-9,11,17H,6,10,12H2,1-2H3/t17-/m1/s1. The van der Waals surface area contributed by atoms with E-state index in [-0.39, 0.29) is 0 Å². The maximum absolute atomic E-state index is 4.31. The molecule has 0 amide bonds. The molecule has 1 aliphatic carbocycles. The van der Waals surface area contributed by atoms with Gasteiger partial charge in [0.1, 0.15) is 0 Å². The summed E-state index contributed by atoms with van der Waals surface area (Å²) in [5.74, 6) is 0. The highest BCUT2D eigenvalue weighted by Gasteiger charge is 2.24. The predicted molar refractivity (Wildman–Crippen MR) is 96.6 cm³/mol. The fraction of sp³-hybridized carbons (Fsp3) is 0.316. The summed E-state index contributed by atoms with van der Waals surface area (Å²) < 4.78 is 1.90. The molecule has 0 aliphatic heterocycles. The van der Waals surface area contributed by atoms with Crippen molar-refractivity contribution >= 4 is 11.8 Å². The van der Waals surface area contributed by atoms with E-state index in [2.05, 4.69) is 71.8 Å². The molecule has 2 aromatic carbocycles. The average Bonchev–Trinajstić information content (AvgIpc) is 3.03. The second-order valence-corrected chi connectivity index (χ2v) is 7.48. The van der Waals surface area contributed by atoms with Crippen molar-refractivity contribution in [1.82, 2.24) is 20.2 Å². The minimum absolute atomic E-state index is 0.420. The average molecular weight is 336 g/mol. The van der Waals surface area contributed by atoms with Gasteiger partial charge in [0.2, 0.25) is 5.16 Å². The van der Waals surface area contributed by atoms with Crippen LogP contribution < -0.4 is 0 Å². The fourth-order valence-electron chi connectivity index (χ4n) is 3.49. The van der Waals surface area contributed by atoms with Crippen LogP contribution in [0.5, 0.6) is 0 Å². The van der Waals surface area contributed by atoms with Crippen molar-refractivity contribution in [3.63, 3.8) is 0 Å². The number of aryl methyl sites for hydroxylation is 3. The van der Waals surface area contributed by atoms with E-state index in [9.17, 15) is 0 Å². The van der Waals surface area contributed by atoms with Gasteiger partial charge >= 0.3 is 0 Å². The maximum Gasteiger partial charge on any atom is 0.214 e. The summed E-state index contributed by atoms with van der Waals surface area (Å²) >= 11 is 1.78. The molecule has 4 nitrogen and oxygen atoms in total. The number of benzene rings is 2. The molecule has 3 aromatic rings. The first-order valence-corrected chi connectivity index (χ1v) is 9.21. The van der Waals surface area contributed by atoms with Crippen LogP contribution in [0.2, 0.25) is 0 Å². The molecule has 0 saturated heterocycles. The monoisotopic (exact) mass is 336 g/mol. The van der Waals surface area contributed by atoms with Gasteiger partial charge in [-0.15, -0.1) is 5.10 Å². The van der Waals surface area contributed by atoms with E-state index in [0.29, 0.717) is 5.25 Å². The summed E-state index contributed by atoms with van der Waals surface area (Å²) in [6.07, 6.45) is 3.57. The zero-order valence-electron chi connectivity index (χ0n) is 13.9. The summed E-state index contributed by atoms with van der Waals surface area (Å²) in [6.45, 7) is 4.21. The fourth-order valence-corrected chi connectivity index (χ4v) is 4.70. The Bertz CT molecular complexity index is 851. The molecule has 24 heavy (non-hydrogen) atoms. The van der Waals surface area contributed by atoms with Gasteiger partial charge in [0, 0.05) is 5.25 Å². The van der Waals surface area contributed by atoms with E-state index in [1.165, 1.54) is 41.5 Å². The van der Waals surface area contributed by atoms with Crippen LogP contribution in [-0.4, -0.2) is 20.2 Å². The molecule has 0 radical (unpaired) electrons. The van der Waals surface area contributed by atoms with Gasteiger partial charge in [-0.2, -0.15) is 4.68 Å². The van der Waals surface area contributed by atoms with E-state index in [1.54, 1.807) is 11.8 Å². The Morgan fingerprint density at radius 2 is 1.83 bits per heavy atom. The highest BCUT2D eigenvalue weighted by Crippen LogP contribution is 2.43. The first-order chi connectivity index (χ1) is 11.7.